The number of aliphatic carboxylic acids is 1. The van der Waals surface area contributed by atoms with Crippen LogP contribution in [0.25, 0.3) is 0 Å². The Bertz CT molecular complexity index is 147. The Kier molecular flexibility index (Phi) is 2.88. The zero-order valence-electron chi connectivity index (χ0n) is 6.92. The number of rotatable bonds is 3. The Balaban J connectivity index is 2.44. The molecule has 0 radical (unpaired) electrons. The molecule has 1 atom stereocenters. The Morgan fingerprint density at radius 2 is 2.45 bits per heavy atom. The van der Waals surface area contributed by atoms with Gasteiger partial charge in [-0.25, -0.2) is 0 Å². The number of carboxylic acid groups (broad SMARTS) is 1. The fourth-order valence-corrected chi connectivity index (χ4v) is 1.66. The summed E-state index contributed by atoms with van der Waals surface area (Å²) < 4.78 is 0. The smallest absolute Gasteiger partial charge is 0.320 e. The van der Waals surface area contributed by atoms with E-state index in [0.29, 0.717) is 0 Å². The van der Waals surface area contributed by atoms with Crippen molar-refractivity contribution in [3.8, 4) is 0 Å². The van der Waals surface area contributed by atoms with Gasteiger partial charge in [-0.2, -0.15) is 0 Å². The van der Waals surface area contributed by atoms with Gasteiger partial charge in [0.15, 0.2) is 0 Å². The van der Waals surface area contributed by atoms with Crippen LogP contribution in [0.3, 0.4) is 0 Å². The summed E-state index contributed by atoms with van der Waals surface area (Å²) in [6.07, 6.45) is 2.91. The summed E-state index contributed by atoms with van der Waals surface area (Å²) in [5.41, 5.74) is 0. The van der Waals surface area contributed by atoms with Gasteiger partial charge in [0.2, 0.25) is 0 Å². The molecule has 0 bridgehead atoms. The van der Waals surface area contributed by atoms with Crippen LogP contribution in [-0.4, -0.2) is 35.1 Å². The molecular formula is C8H15NO2. The van der Waals surface area contributed by atoms with Gasteiger partial charge in [0, 0.05) is 0 Å². The van der Waals surface area contributed by atoms with Crippen molar-refractivity contribution in [3.05, 3.63) is 0 Å². The molecule has 1 aliphatic rings. The molecule has 0 aliphatic carbocycles. The summed E-state index contributed by atoms with van der Waals surface area (Å²) in [5.74, 6) is -0.657. The van der Waals surface area contributed by atoms with Crippen LogP contribution in [0.5, 0.6) is 0 Å². The first-order chi connectivity index (χ1) is 5.25. The van der Waals surface area contributed by atoms with Crippen LogP contribution in [0.2, 0.25) is 0 Å². The Hall–Kier alpha value is -0.570. The number of hydrogen-bond donors (Lipinski definition) is 1. The van der Waals surface area contributed by atoms with Crippen molar-refractivity contribution in [1.82, 2.24) is 4.90 Å². The highest BCUT2D eigenvalue weighted by molar-refractivity contribution is 5.73. The molecular weight excluding hydrogens is 142 g/mol. The van der Waals surface area contributed by atoms with Crippen LogP contribution >= 0.6 is 0 Å². The van der Waals surface area contributed by atoms with E-state index in [2.05, 4.69) is 11.8 Å². The summed E-state index contributed by atoms with van der Waals surface area (Å²) in [6.45, 7) is 3.97. The summed E-state index contributed by atoms with van der Waals surface area (Å²) in [7, 11) is 0. The summed E-state index contributed by atoms with van der Waals surface area (Å²) in [6, 6.07) is -0.199. The first kappa shape index (κ1) is 8.53. The fourth-order valence-electron chi connectivity index (χ4n) is 1.66. The minimum absolute atomic E-state index is 0.199. The van der Waals surface area contributed by atoms with Gasteiger partial charge in [-0.3, -0.25) is 9.69 Å². The summed E-state index contributed by atoms with van der Waals surface area (Å²) in [5, 5.41) is 8.77. The van der Waals surface area contributed by atoms with E-state index < -0.39 is 5.97 Å². The maximum atomic E-state index is 10.6. The molecule has 1 unspecified atom stereocenters. The van der Waals surface area contributed by atoms with E-state index in [9.17, 15) is 4.79 Å². The van der Waals surface area contributed by atoms with Crippen LogP contribution < -0.4 is 0 Å². The van der Waals surface area contributed by atoms with Gasteiger partial charge in [0.05, 0.1) is 0 Å². The number of carbonyl (C=O) groups is 1. The number of likely N-dealkylation sites (tertiary alicyclic amines) is 1. The predicted molar refractivity (Wildman–Crippen MR) is 42.5 cm³/mol. The summed E-state index contributed by atoms with van der Waals surface area (Å²) in [4.78, 5) is 12.7. The van der Waals surface area contributed by atoms with Crippen molar-refractivity contribution < 1.29 is 9.90 Å². The van der Waals surface area contributed by atoms with Crippen molar-refractivity contribution in [2.45, 2.75) is 32.2 Å². The number of nitrogens with zero attached hydrogens (tertiary/aromatic N) is 1. The molecule has 0 saturated carbocycles. The van der Waals surface area contributed by atoms with E-state index in [1.54, 1.807) is 0 Å². The van der Waals surface area contributed by atoms with Crippen molar-refractivity contribution in [3.63, 3.8) is 0 Å². The molecule has 64 valence electrons. The largest absolute Gasteiger partial charge is 0.480 e. The molecule has 0 amide bonds. The zero-order chi connectivity index (χ0) is 8.27. The fraction of sp³-hybridized carbons (Fsp3) is 0.875. The summed E-state index contributed by atoms with van der Waals surface area (Å²) >= 11 is 0. The van der Waals surface area contributed by atoms with Crippen LogP contribution in [0.4, 0.5) is 0 Å². The topological polar surface area (TPSA) is 40.5 Å². The minimum atomic E-state index is -0.657. The number of carboxylic acids is 1. The van der Waals surface area contributed by atoms with Crippen molar-refractivity contribution in [1.29, 1.82) is 0 Å². The second-order valence-electron chi connectivity index (χ2n) is 3.03. The molecule has 11 heavy (non-hydrogen) atoms. The van der Waals surface area contributed by atoms with Crippen LogP contribution in [-0.2, 0) is 4.79 Å². The quantitative estimate of drug-likeness (QED) is 0.663. The highest BCUT2D eigenvalue weighted by Crippen LogP contribution is 2.16. The second-order valence-corrected chi connectivity index (χ2v) is 3.03. The third-order valence-electron chi connectivity index (χ3n) is 2.16. The van der Waals surface area contributed by atoms with E-state index in [0.717, 1.165) is 32.4 Å². The third kappa shape index (κ3) is 1.93. The second kappa shape index (κ2) is 3.72. The van der Waals surface area contributed by atoms with Crippen LogP contribution in [0.1, 0.15) is 26.2 Å². The van der Waals surface area contributed by atoms with Gasteiger partial charge in [-0.15, -0.1) is 0 Å². The molecule has 1 N–H and O–H groups in total. The molecule has 0 aromatic rings. The van der Waals surface area contributed by atoms with Crippen LogP contribution in [0, 0.1) is 0 Å². The molecule has 0 aromatic carbocycles. The van der Waals surface area contributed by atoms with E-state index in [-0.39, 0.29) is 6.04 Å². The molecule has 0 aromatic heterocycles. The van der Waals surface area contributed by atoms with Gasteiger partial charge < -0.3 is 5.11 Å². The minimum Gasteiger partial charge on any atom is -0.480 e. The first-order valence-electron chi connectivity index (χ1n) is 4.22. The van der Waals surface area contributed by atoms with E-state index in [1.165, 1.54) is 0 Å². The normalized spacial score (nSPS) is 25.7. The maximum Gasteiger partial charge on any atom is 0.320 e. The van der Waals surface area contributed by atoms with Gasteiger partial charge >= 0.3 is 5.97 Å². The highest BCUT2D eigenvalue weighted by atomic mass is 16.4. The molecule has 1 heterocycles. The first-order valence-corrected chi connectivity index (χ1v) is 4.22. The third-order valence-corrected chi connectivity index (χ3v) is 2.16. The van der Waals surface area contributed by atoms with Crippen LogP contribution in [0.15, 0.2) is 0 Å². The maximum absolute atomic E-state index is 10.6. The SMILES string of the molecule is CCCN1CCCC1C(=O)O. The number of hydrogen-bond acceptors (Lipinski definition) is 2. The Labute approximate surface area is 67.0 Å². The van der Waals surface area contributed by atoms with E-state index in [4.69, 9.17) is 5.11 Å². The standard InChI is InChI=1S/C8H15NO2/c1-2-5-9-6-3-4-7(9)8(10)11/h7H,2-6H2,1H3,(H,10,11). The molecule has 1 saturated heterocycles. The molecule has 1 fully saturated rings. The van der Waals surface area contributed by atoms with Gasteiger partial charge in [-0.1, -0.05) is 6.92 Å². The Morgan fingerprint density at radius 3 is 3.00 bits per heavy atom. The Morgan fingerprint density at radius 1 is 1.73 bits per heavy atom. The zero-order valence-corrected chi connectivity index (χ0v) is 6.92. The van der Waals surface area contributed by atoms with Gasteiger partial charge in [-0.05, 0) is 32.4 Å². The lowest BCUT2D eigenvalue weighted by Gasteiger charge is -2.19. The monoisotopic (exact) mass is 157 g/mol. The van der Waals surface area contributed by atoms with Gasteiger partial charge in [0.1, 0.15) is 6.04 Å². The van der Waals surface area contributed by atoms with Crippen molar-refractivity contribution in [2.24, 2.45) is 0 Å². The van der Waals surface area contributed by atoms with Gasteiger partial charge in [0.25, 0.3) is 0 Å². The van der Waals surface area contributed by atoms with E-state index >= 15 is 0 Å². The molecule has 1 aliphatic heterocycles. The molecule has 0 spiro atoms. The lowest BCUT2D eigenvalue weighted by molar-refractivity contribution is -0.142. The van der Waals surface area contributed by atoms with Crippen molar-refractivity contribution in [2.75, 3.05) is 13.1 Å². The average molecular weight is 157 g/mol. The lowest BCUT2D eigenvalue weighted by atomic mass is 10.2. The molecule has 3 nitrogen and oxygen atoms in total. The highest BCUT2D eigenvalue weighted by Gasteiger charge is 2.29. The molecule has 3 heteroatoms. The van der Waals surface area contributed by atoms with E-state index in [1.807, 2.05) is 0 Å². The van der Waals surface area contributed by atoms with Crippen molar-refractivity contribution >= 4 is 5.97 Å². The average Bonchev–Trinajstić information content (AvgIpc) is 2.36. The lowest BCUT2D eigenvalue weighted by Crippen LogP contribution is -2.36. The molecule has 1 rings (SSSR count). The predicted octanol–water partition coefficient (Wildman–Crippen LogP) is 0.945.